The predicted molar refractivity (Wildman–Crippen MR) is 45.7 cm³/mol. The van der Waals surface area contributed by atoms with E-state index in [4.69, 9.17) is 0 Å². The zero-order chi connectivity index (χ0) is 8.48. The quantitative estimate of drug-likeness (QED) is 0.628. The summed E-state index contributed by atoms with van der Waals surface area (Å²) in [6.07, 6.45) is 0. The molecule has 0 aliphatic rings. The van der Waals surface area contributed by atoms with Crippen molar-refractivity contribution in [3.8, 4) is 0 Å². The van der Waals surface area contributed by atoms with Gasteiger partial charge in [-0.25, -0.2) is 4.39 Å². The van der Waals surface area contributed by atoms with Crippen LogP contribution in [0.1, 0.15) is 0 Å². The van der Waals surface area contributed by atoms with Crippen LogP contribution >= 0.6 is 0 Å². The van der Waals surface area contributed by atoms with Gasteiger partial charge in [0.25, 0.3) is 0 Å². The van der Waals surface area contributed by atoms with Crippen molar-refractivity contribution in [2.75, 3.05) is 0 Å². The van der Waals surface area contributed by atoms with E-state index in [-0.39, 0.29) is 5.82 Å². The van der Waals surface area contributed by atoms with Crippen LogP contribution in [0.3, 0.4) is 0 Å². The van der Waals surface area contributed by atoms with Crippen LogP contribution in [0.4, 0.5) is 4.39 Å². The Labute approximate surface area is 66.6 Å². The minimum Gasteiger partial charge on any atom is -0.428 e. The molecule has 1 N–H and O–H groups in total. The van der Waals surface area contributed by atoms with Crippen LogP contribution in [0.25, 0.3) is 0 Å². The molecule has 3 heteroatoms. The van der Waals surface area contributed by atoms with E-state index >= 15 is 0 Å². The van der Waals surface area contributed by atoms with Crippen LogP contribution < -0.4 is 5.19 Å². The van der Waals surface area contributed by atoms with E-state index < -0.39 is 8.32 Å². The monoisotopic (exact) mass is 170 g/mol. The maximum absolute atomic E-state index is 12.6. The van der Waals surface area contributed by atoms with E-state index in [2.05, 4.69) is 0 Å². The number of halogens is 1. The second-order valence-electron chi connectivity index (χ2n) is 3.07. The van der Waals surface area contributed by atoms with Crippen molar-refractivity contribution in [2.24, 2.45) is 0 Å². The summed E-state index contributed by atoms with van der Waals surface area (Å²) >= 11 is 0. The van der Waals surface area contributed by atoms with Crippen LogP contribution in [-0.2, 0) is 0 Å². The molecular weight excluding hydrogens is 159 g/mol. The van der Waals surface area contributed by atoms with E-state index in [1.807, 2.05) is 0 Å². The summed E-state index contributed by atoms with van der Waals surface area (Å²) in [5.74, 6) is -0.280. The Bertz CT molecular complexity index is 255. The first kappa shape index (κ1) is 8.42. The summed E-state index contributed by atoms with van der Waals surface area (Å²) in [5.41, 5.74) is 0. The average Bonchev–Trinajstić information content (AvgIpc) is 1.86. The van der Waals surface area contributed by atoms with Crippen molar-refractivity contribution < 1.29 is 9.19 Å². The van der Waals surface area contributed by atoms with Gasteiger partial charge in [0.05, 0.1) is 0 Å². The summed E-state index contributed by atoms with van der Waals surface area (Å²) in [5, 5.41) is 0.734. The third kappa shape index (κ3) is 2.13. The first-order valence-electron chi connectivity index (χ1n) is 3.48. The molecule has 0 spiro atoms. The lowest BCUT2D eigenvalue weighted by Crippen LogP contribution is -2.41. The number of benzene rings is 1. The molecule has 0 unspecified atom stereocenters. The molecule has 0 saturated carbocycles. The van der Waals surface area contributed by atoms with Crippen molar-refractivity contribution in [1.29, 1.82) is 0 Å². The standard InChI is InChI=1S/C8H11FOSi/c1-11(2,10)8-5-3-4-7(9)6-8/h3-6,10H,1-2H3. The van der Waals surface area contributed by atoms with Crippen LogP contribution in [0.2, 0.25) is 13.1 Å². The highest BCUT2D eigenvalue weighted by Gasteiger charge is 2.19. The molecule has 0 aromatic heterocycles. The average molecular weight is 170 g/mol. The smallest absolute Gasteiger partial charge is 0.214 e. The molecule has 1 aromatic carbocycles. The fourth-order valence-corrected chi connectivity index (χ4v) is 1.86. The fourth-order valence-electron chi connectivity index (χ4n) is 0.869. The molecule has 1 aromatic rings. The van der Waals surface area contributed by atoms with Crippen LogP contribution in [0.15, 0.2) is 24.3 Å². The molecule has 0 atom stereocenters. The summed E-state index contributed by atoms with van der Waals surface area (Å²) in [6.45, 7) is 3.53. The summed E-state index contributed by atoms with van der Waals surface area (Å²) in [7, 11) is -2.30. The molecule has 60 valence electrons. The topological polar surface area (TPSA) is 20.2 Å². The van der Waals surface area contributed by atoms with Gasteiger partial charge in [-0.15, -0.1) is 0 Å². The van der Waals surface area contributed by atoms with Crippen LogP contribution in [-0.4, -0.2) is 13.1 Å². The third-order valence-corrected chi connectivity index (χ3v) is 3.25. The Hall–Kier alpha value is -0.673. The molecule has 0 amide bonds. The molecule has 1 nitrogen and oxygen atoms in total. The minimum absolute atomic E-state index is 0.280. The highest BCUT2D eigenvalue weighted by Crippen LogP contribution is 2.00. The van der Waals surface area contributed by atoms with Crippen molar-refractivity contribution in [3.05, 3.63) is 30.1 Å². The molecule has 0 heterocycles. The highest BCUT2D eigenvalue weighted by molar-refractivity contribution is 6.83. The number of hydrogen-bond acceptors (Lipinski definition) is 1. The molecule has 0 radical (unpaired) electrons. The molecule has 11 heavy (non-hydrogen) atoms. The molecular formula is C8H11FOSi. The van der Waals surface area contributed by atoms with E-state index in [1.165, 1.54) is 12.1 Å². The second-order valence-corrected chi connectivity index (χ2v) is 6.76. The predicted octanol–water partition coefficient (Wildman–Crippen LogP) is 1.23. The lowest BCUT2D eigenvalue weighted by atomic mass is 10.3. The molecule has 1 rings (SSSR count). The van der Waals surface area contributed by atoms with Gasteiger partial charge >= 0.3 is 0 Å². The fraction of sp³-hybridized carbons (Fsp3) is 0.250. The van der Waals surface area contributed by atoms with Gasteiger partial charge in [-0.3, -0.25) is 0 Å². The Morgan fingerprint density at radius 2 is 2.00 bits per heavy atom. The van der Waals surface area contributed by atoms with Crippen molar-refractivity contribution in [3.63, 3.8) is 0 Å². The van der Waals surface area contributed by atoms with Gasteiger partial charge in [0.15, 0.2) is 0 Å². The lowest BCUT2D eigenvalue weighted by Gasteiger charge is -2.13. The minimum atomic E-state index is -2.30. The normalized spacial score (nSPS) is 11.6. The van der Waals surface area contributed by atoms with E-state index in [9.17, 15) is 9.19 Å². The first-order chi connectivity index (χ1) is 5.00. The maximum atomic E-state index is 12.6. The summed E-state index contributed by atoms with van der Waals surface area (Å²) < 4.78 is 12.6. The third-order valence-electron chi connectivity index (χ3n) is 1.53. The Balaban J connectivity index is 3.06. The molecule has 0 aliphatic heterocycles. The van der Waals surface area contributed by atoms with Crippen molar-refractivity contribution in [1.82, 2.24) is 0 Å². The summed E-state index contributed by atoms with van der Waals surface area (Å²) in [6, 6.07) is 6.15. The zero-order valence-corrected chi connectivity index (χ0v) is 7.63. The van der Waals surface area contributed by atoms with E-state index in [0.29, 0.717) is 0 Å². The number of hydrogen-bond donors (Lipinski definition) is 1. The lowest BCUT2D eigenvalue weighted by molar-refractivity contribution is 0.567. The first-order valence-corrected chi connectivity index (χ1v) is 6.43. The van der Waals surface area contributed by atoms with Gasteiger partial charge in [0.1, 0.15) is 5.82 Å². The van der Waals surface area contributed by atoms with Crippen molar-refractivity contribution in [2.45, 2.75) is 13.1 Å². The Morgan fingerprint density at radius 3 is 2.36 bits per heavy atom. The van der Waals surface area contributed by atoms with Crippen LogP contribution in [0, 0.1) is 5.82 Å². The van der Waals surface area contributed by atoms with Gasteiger partial charge in [0.2, 0.25) is 8.32 Å². The van der Waals surface area contributed by atoms with Crippen LogP contribution in [0.5, 0.6) is 0 Å². The molecule has 0 fully saturated rings. The van der Waals surface area contributed by atoms with Gasteiger partial charge < -0.3 is 4.80 Å². The Morgan fingerprint density at radius 1 is 1.36 bits per heavy atom. The van der Waals surface area contributed by atoms with Gasteiger partial charge in [0, 0.05) is 0 Å². The number of rotatable bonds is 1. The van der Waals surface area contributed by atoms with Gasteiger partial charge in [-0.05, 0) is 30.4 Å². The Kier molecular flexibility index (Phi) is 2.11. The molecule has 0 saturated heterocycles. The summed E-state index contributed by atoms with van der Waals surface area (Å²) in [4.78, 5) is 9.59. The molecule has 0 bridgehead atoms. The zero-order valence-electron chi connectivity index (χ0n) is 6.63. The van der Waals surface area contributed by atoms with Gasteiger partial charge in [-0.1, -0.05) is 12.1 Å². The molecule has 0 aliphatic carbocycles. The van der Waals surface area contributed by atoms with Crippen molar-refractivity contribution >= 4 is 13.5 Å². The SMILES string of the molecule is C[Si](C)(O)c1cccc(F)c1. The maximum Gasteiger partial charge on any atom is 0.214 e. The highest BCUT2D eigenvalue weighted by atomic mass is 28.4. The van der Waals surface area contributed by atoms with E-state index in [0.717, 1.165) is 5.19 Å². The van der Waals surface area contributed by atoms with Gasteiger partial charge in [-0.2, -0.15) is 0 Å². The van der Waals surface area contributed by atoms with E-state index in [1.54, 1.807) is 25.2 Å². The largest absolute Gasteiger partial charge is 0.428 e. The second kappa shape index (κ2) is 2.75.